The Hall–Kier alpha value is -1.29. The average molecular weight is 197 g/mol. The molecule has 0 aliphatic carbocycles. The first-order valence-corrected chi connectivity index (χ1v) is 4.45. The van der Waals surface area contributed by atoms with Gasteiger partial charge in [-0.05, 0) is 32.9 Å². The Morgan fingerprint density at radius 2 is 2.21 bits per heavy atom. The monoisotopic (exact) mass is 197 g/mol. The highest BCUT2D eigenvalue weighted by Crippen LogP contribution is 2.06. The van der Waals surface area contributed by atoms with E-state index in [-0.39, 0.29) is 18.2 Å². The number of nitrogens with one attached hydrogen (secondary N) is 1. The van der Waals surface area contributed by atoms with Crippen LogP contribution in [-0.4, -0.2) is 23.2 Å². The van der Waals surface area contributed by atoms with Gasteiger partial charge in [-0.1, -0.05) is 0 Å². The molecule has 0 aliphatic heterocycles. The number of carbonyl (C=O) groups is 1. The lowest BCUT2D eigenvalue weighted by molar-refractivity contribution is 0.0680. The van der Waals surface area contributed by atoms with Crippen molar-refractivity contribution in [3.63, 3.8) is 0 Å². The van der Waals surface area contributed by atoms with Gasteiger partial charge in [0.1, 0.15) is 5.76 Å². The number of aliphatic hydroxyl groups is 1. The van der Waals surface area contributed by atoms with E-state index >= 15 is 0 Å². The van der Waals surface area contributed by atoms with Crippen molar-refractivity contribution in [3.8, 4) is 0 Å². The molecule has 1 heterocycles. The maximum atomic E-state index is 11.4. The standard InChI is InChI=1S/C10H15NO3/c1-7-4-5-8(14-7)9(12)11-6-10(2,3)13/h4-5,13H,6H2,1-3H3,(H,11,12). The maximum Gasteiger partial charge on any atom is 0.287 e. The molecule has 4 heteroatoms. The van der Waals surface area contributed by atoms with E-state index in [1.807, 2.05) is 0 Å². The van der Waals surface area contributed by atoms with Gasteiger partial charge < -0.3 is 14.8 Å². The van der Waals surface area contributed by atoms with Gasteiger partial charge in [-0.25, -0.2) is 0 Å². The molecule has 0 bridgehead atoms. The molecule has 0 saturated heterocycles. The SMILES string of the molecule is Cc1ccc(C(=O)NCC(C)(C)O)o1. The van der Waals surface area contributed by atoms with E-state index in [9.17, 15) is 9.90 Å². The molecule has 1 rings (SSSR count). The van der Waals surface area contributed by atoms with Crippen molar-refractivity contribution in [2.75, 3.05) is 6.54 Å². The molecular formula is C10H15NO3. The van der Waals surface area contributed by atoms with Gasteiger partial charge in [-0.2, -0.15) is 0 Å². The Balaban J connectivity index is 2.52. The van der Waals surface area contributed by atoms with E-state index < -0.39 is 5.60 Å². The molecule has 0 saturated carbocycles. The van der Waals surface area contributed by atoms with Crippen LogP contribution in [0.15, 0.2) is 16.5 Å². The number of hydrogen-bond donors (Lipinski definition) is 2. The molecular weight excluding hydrogens is 182 g/mol. The van der Waals surface area contributed by atoms with Crippen molar-refractivity contribution < 1.29 is 14.3 Å². The quantitative estimate of drug-likeness (QED) is 0.762. The molecule has 0 radical (unpaired) electrons. The lowest BCUT2D eigenvalue weighted by Gasteiger charge is -2.16. The van der Waals surface area contributed by atoms with Crippen molar-refractivity contribution >= 4 is 5.91 Å². The van der Waals surface area contributed by atoms with E-state index in [2.05, 4.69) is 5.32 Å². The fourth-order valence-corrected chi connectivity index (χ4v) is 0.940. The summed E-state index contributed by atoms with van der Waals surface area (Å²) in [5.74, 6) is 0.658. The predicted molar refractivity (Wildman–Crippen MR) is 52.1 cm³/mol. The zero-order chi connectivity index (χ0) is 10.8. The molecule has 0 spiro atoms. The van der Waals surface area contributed by atoms with E-state index in [0.717, 1.165) is 0 Å². The average Bonchev–Trinajstić information content (AvgIpc) is 2.46. The predicted octanol–water partition coefficient (Wildman–Crippen LogP) is 1.09. The van der Waals surface area contributed by atoms with Crippen LogP contribution in [0.1, 0.15) is 30.2 Å². The summed E-state index contributed by atoms with van der Waals surface area (Å²) in [6.45, 7) is 5.22. The molecule has 0 fully saturated rings. The lowest BCUT2D eigenvalue weighted by Crippen LogP contribution is -2.38. The van der Waals surface area contributed by atoms with Crippen LogP contribution >= 0.6 is 0 Å². The fraction of sp³-hybridized carbons (Fsp3) is 0.500. The topological polar surface area (TPSA) is 62.5 Å². The van der Waals surface area contributed by atoms with Crippen molar-refractivity contribution in [2.24, 2.45) is 0 Å². The van der Waals surface area contributed by atoms with Crippen LogP contribution in [0, 0.1) is 6.92 Å². The highest BCUT2D eigenvalue weighted by atomic mass is 16.3. The number of rotatable bonds is 3. The Bertz CT molecular complexity index is 322. The number of hydrogen-bond acceptors (Lipinski definition) is 3. The molecule has 0 aromatic carbocycles. The number of furan rings is 1. The molecule has 4 nitrogen and oxygen atoms in total. The normalized spacial score (nSPS) is 11.4. The molecule has 1 aromatic heterocycles. The van der Waals surface area contributed by atoms with Gasteiger partial charge in [0, 0.05) is 6.54 Å². The zero-order valence-corrected chi connectivity index (χ0v) is 8.63. The first kappa shape index (κ1) is 10.8. The van der Waals surface area contributed by atoms with Gasteiger partial charge in [0.2, 0.25) is 0 Å². The van der Waals surface area contributed by atoms with Crippen molar-refractivity contribution in [2.45, 2.75) is 26.4 Å². The Labute approximate surface area is 82.9 Å². The van der Waals surface area contributed by atoms with E-state index in [0.29, 0.717) is 5.76 Å². The zero-order valence-electron chi connectivity index (χ0n) is 8.63. The minimum atomic E-state index is -0.905. The molecule has 1 aromatic rings. The van der Waals surface area contributed by atoms with E-state index in [1.54, 1.807) is 32.9 Å². The summed E-state index contributed by atoms with van der Waals surface area (Å²) in [6, 6.07) is 3.33. The molecule has 0 atom stereocenters. The van der Waals surface area contributed by atoms with Gasteiger partial charge in [0.05, 0.1) is 5.60 Å². The van der Waals surface area contributed by atoms with Crippen LogP contribution in [0.2, 0.25) is 0 Å². The second-order valence-electron chi connectivity index (χ2n) is 3.91. The van der Waals surface area contributed by atoms with Gasteiger partial charge in [-0.3, -0.25) is 4.79 Å². The smallest absolute Gasteiger partial charge is 0.287 e. The highest BCUT2D eigenvalue weighted by Gasteiger charge is 2.16. The summed E-state index contributed by atoms with van der Waals surface area (Å²) in [4.78, 5) is 11.4. The van der Waals surface area contributed by atoms with Crippen molar-refractivity contribution in [3.05, 3.63) is 23.7 Å². The summed E-state index contributed by atoms with van der Waals surface area (Å²) < 4.78 is 5.12. The number of aryl methyl sites for hydroxylation is 1. The van der Waals surface area contributed by atoms with Gasteiger partial charge in [-0.15, -0.1) is 0 Å². The second-order valence-corrected chi connectivity index (χ2v) is 3.91. The van der Waals surface area contributed by atoms with Gasteiger partial charge in [0.15, 0.2) is 5.76 Å². The van der Waals surface area contributed by atoms with Crippen LogP contribution in [-0.2, 0) is 0 Å². The minimum absolute atomic E-state index is 0.200. The highest BCUT2D eigenvalue weighted by molar-refractivity contribution is 5.91. The van der Waals surface area contributed by atoms with Crippen molar-refractivity contribution in [1.29, 1.82) is 0 Å². The first-order chi connectivity index (χ1) is 6.38. The molecule has 78 valence electrons. The number of carbonyl (C=O) groups excluding carboxylic acids is 1. The summed E-state index contributed by atoms with van der Waals surface area (Å²) in [6.07, 6.45) is 0. The summed E-state index contributed by atoms with van der Waals surface area (Å²) in [5.41, 5.74) is -0.905. The molecule has 1 amide bonds. The number of amides is 1. The lowest BCUT2D eigenvalue weighted by atomic mass is 10.1. The third-order valence-corrected chi connectivity index (χ3v) is 1.65. The van der Waals surface area contributed by atoms with E-state index in [4.69, 9.17) is 4.42 Å². The van der Waals surface area contributed by atoms with Crippen molar-refractivity contribution in [1.82, 2.24) is 5.32 Å². The largest absolute Gasteiger partial charge is 0.456 e. The van der Waals surface area contributed by atoms with Crippen LogP contribution in [0.25, 0.3) is 0 Å². The summed E-state index contributed by atoms with van der Waals surface area (Å²) >= 11 is 0. The van der Waals surface area contributed by atoms with Crippen LogP contribution in [0.3, 0.4) is 0 Å². The Morgan fingerprint density at radius 1 is 1.57 bits per heavy atom. The fourth-order valence-electron chi connectivity index (χ4n) is 0.940. The Kier molecular flexibility index (Phi) is 2.96. The Morgan fingerprint density at radius 3 is 2.64 bits per heavy atom. The van der Waals surface area contributed by atoms with E-state index in [1.165, 1.54) is 0 Å². The first-order valence-electron chi connectivity index (χ1n) is 4.45. The van der Waals surface area contributed by atoms with Crippen LogP contribution < -0.4 is 5.32 Å². The molecule has 0 aliphatic rings. The van der Waals surface area contributed by atoms with Gasteiger partial charge in [0.25, 0.3) is 5.91 Å². The second kappa shape index (κ2) is 3.84. The summed E-state index contributed by atoms with van der Waals surface area (Å²) in [7, 11) is 0. The molecule has 2 N–H and O–H groups in total. The van der Waals surface area contributed by atoms with Crippen LogP contribution in [0.5, 0.6) is 0 Å². The third-order valence-electron chi connectivity index (χ3n) is 1.65. The maximum absolute atomic E-state index is 11.4. The molecule has 14 heavy (non-hydrogen) atoms. The van der Waals surface area contributed by atoms with Crippen LogP contribution in [0.4, 0.5) is 0 Å². The summed E-state index contributed by atoms with van der Waals surface area (Å²) in [5, 5.41) is 11.9. The van der Waals surface area contributed by atoms with Gasteiger partial charge >= 0.3 is 0 Å². The third kappa shape index (κ3) is 3.22. The molecule has 0 unspecified atom stereocenters. The minimum Gasteiger partial charge on any atom is -0.456 e.